The molecule has 1 aromatic carbocycles. The van der Waals surface area contributed by atoms with Gasteiger partial charge in [0, 0.05) is 12.3 Å². The van der Waals surface area contributed by atoms with Crippen LogP contribution in [0, 0.1) is 6.92 Å². The van der Waals surface area contributed by atoms with Gasteiger partial charge in [0.15, 0.2) is 0 Å². The highest BCUT2D eigenvalue weighted by Crippen LogP contribution is 2.32. The Morgan fingerprint density at radius 3 is 2.56 bits per heavy atom. The molecule has 2 rings (SSSR count). The van der Waals surface area contributed by atoms with Crippen LogP contribution in [0.2, 0.25) is 0 Å². The van der Waals surface area contributed by atoms with Crippen LogP contribution in [0.3, 0.4) is 0 Å². The summed E-state index contributed by atoms with van der Waals surface area (Å²) in [5, 5.41) is 0. The Labute approximate surface area is 101 Å². The fourth-order valence-electron chi connectivity index (χ4n) is 1.72. The van der Waals surface area contributed by atoms with Gasteiger partial charge in [-0.3, -0.25) is 4.79 Å². The minimum absolute atomic E-state index is 0.340. The second-order valence-electron chi connectivity index (χ2n) is 3.97. The molecule has 94 valence electrons. The molecule has 0 atom stereocenters. The molecule has 1 aromatic heterocycles. The number of aryl methyl sites for hydroxylation is 1. The third kappa shape index (κ3) is 2.45. The summed E-state index contributed by atoms with van der Waals surface area (Å²) < 4.78 is 37.8. The molecule has 0 bridgehead atoms. The lowest BCUT2D eigenvalue weighted by Gasteiger charge is -2.10. The number of aromatic amines is 1. The minimum Gasteiger partial charge on any atom is -0.329 e. The highest BCUT2D eigenvalue weighted by Gasteiger charge is 2.30. The Balaban J connectivity index is 2.58. The first-order valence-corrected chi connectivity index (χ1v) is 5.25. The van der Waals surface area contributed by atoms with Crippen LogP contribution in [0.4, 0.5) is 13.2 Å². The zero-order chi connectivity index (χ0) is 13.3. The van der Waals surface area contributed by atoms with E-state index in [1.54, 1.807) is 13.0 Å². The summed E-state index contributed by atoms with van der Waals surface area (Å²) in [7, 11) is 0. The average Bonchev–Trinajstić information content (AvgIpc) is 2.31. The summed E-state index contributed by atoms with van der Waals surface area (Å²) in [6, 6.07) is 6.23. The SMILES string of the molecule is Cc1c[nH]c(=O)cc1-c1cccc(C(F)(F)F)c1. The summed E-state index contributed by atoms with van der Waals surface area (Å²) in [6.07, 6.45) is -2.90. The second-order valence-corrected chi connectivity index (χ2v) is 3.97. The largest absolute Gasteiger partial charge is 0.416 e. The molecule has 0 amide bonds. The van der Waals surface area contributed by atoms with Gasteiger partial charge in [-0.1, -0.05) is 12.1 Å². The van der Waals surface area contributed by atoms with Crippen LogP contribution in [0.1, 0.15) is 11.1 Å². The smallest absolute Gasteiger partial charge is 0.329 e. The predicted octanol–water partition coefficient (Wildman–Crippen LogP) is 3.37. The average molecular weight is 253 g/mol. The highest BCUT2D eigenvalue weighted by atomic mass is 19.4. The monoisotopic (exact) mass is 253 g/mol. The van der Waals surface area contributed by atoms with E-state index in [1.807, 2.05) is 0 Å². The lowest BCUT2D eigenvalue weighted by Crippen LogP contribution is -2.06. The zero-order valence-electron chi connectivity index (χ0n) is 9.51. The van der Waals surface area contributed by atoms with Gasteiger partial charge in [-0.25, -0.2) is 0 Å². The zero-order valence-corrected chi connectivity index (χ0v) is 9.51. The molecule has 1 N–H and O–H groups in total. The van der Waals surface area contributed by atoms with Gasteiger partial charge in [-0.2, -0.15) is 13.2 Å². The number of benzene rings is 1. The van der Waals surface area contributed by atoms with Gasteiger partial charge in [-0.15, -0.1) is 0 Å². The summed E-state index contributed by atoms with van der Waals surface area (Å²) in [6.45, 7) is 1.73. The third-order valence-corrected chi connectivity index (χ3v) is 2.63. The third-order valence-electron chi connectivity index (χ3n) is 2.63. The molecule has 2 nitrogen and oxygen atoms in total. The van der Waals surface area contributed by atoms with Crippen LogP contribution in [-0.2, 0) is 6.18 Å². The Morgan fingerprint density at radius 1 is 1.17 bits per heavy atom. The van der Waals surface area contributed by atoms with E-state index in [4.69, 9.17) is 0 Å². The van der Waals surface area contributed by atoms with Crippen molar-refractivity contribution in [2.75, 3.05) is 0 Å². The summed E-state index contributed by atoms with van der Waals surface area (Å²) in [5.74, 6) is 0. The maximum absolute atomic E-state index is 12.6. The number of alkyl halides is 3. The fraction of sp³-hybridized carbons (Fsp3) is 0.154. The summed E-state index contributed by atoms with van der Waals surface area (Å²) in [4.78, 5) is 13.7. The van der Waals surface area contributed by atoms with Crippen molar-refractivity contribution in [2.24, 2.45) is 0 Å². The maximum Gasteiger partial charge on any atom is 0.416 e. The van der Waals surface area contributed by atoms with Crippen molar-refractivity contribution in [3.8, 4) is 11.1 Å². The topological polar surface area (TPSA) is 32.9 Å². The van der Waals surface area contributed by atoms with Crippen LogP contribution in [0.15, 0.2) is 41.3 Å². The van der Waals surface area contributed by atoms with Crippen LogP contribution in [0.5, 0.6) is 0 Å². The number of hydrogen-bond acceptors (Lipinski definition) is 1. The van der Waals surface area contributed by atoms with Gasteiger partial charge in [0.05, 0.1) is 5.56 Å². The summed E-state index contributed by atoms with van der Waals surface area (Å²) >= 11 is 0. The molecule has 5 heteroatoms. The molecule has 0 aliphatic heterocycles. The Bertz CT molecular complexity index is 629. The summed E-state index contributed by atoms with van der Waals surface area (Å²) in [5.41, 5.74) is 0.542. The van der Waals surface area contributed by atoms with Crippen molar-refractivity contribution in [3.63, 3.8) is 0 Å². The molecule has 0 aliphatic carbocycles. The van der Waals surface area contributed by atoms with Crippen molar-refractivity contribution in [2.45, 2.75) is 13.1 Å². The molecule has 2 aromatic rings. The molecule has 0 saturated carbocycles. The highest BCUT2D eigenvalue weighted by molar-refractivity contribution is 5.67. The van der Waals surface area contributed by atoms with Crippen LogP contribution < -0.4 is 5.56 Å². The van der Waals surface area contributed by atoms with Crippen LogP contribution in [0.25, 0.3) is 11.1 Å². The van der Waals surface area contributed by atoms with Gasteiger partial charge >= 0.3 is 6.18 Å². The fourth-order valence-corrected chi connectivity index (χ4v) is 1.72. The quantitative estimate of drug-likeness (QED) is 0.830. The van der Waals surface area contributed by atoms with Crippen molar-refractivity contribution in [3.05, 3.63) is 58.0 Å². The molecule has 18 heavy (non-hydrogen) atoms. The Morgan fingerprint density at radius 2 is 1.89 bits per heavy atom. The number of H-pyrrole nitrogens is 1. The lowest BCUT2D eigenvalue weighted by molar-refractivity contribution is -0.137. The first-order chi connectivity index (χ1) is 8.38. The number of pyridine rings is 1. The van der Waals surface area contributed by atoms with Crippen molar-refractivity contribution in [1.82, 2.24) is 4.98 Å². The van der Waals surface area contributed by atoms with Gasteiger partial charge < -0.3 is 4.98 Å². The van der Waals surface area contributed by atoms with E-state index in [-0.39, 0.29) is 5.56 Å². The van der Waals surface area contributed by atoms with E-state index in [9.17, 15) is 18.0 Å². The Hall–Kier alpha value is -2.04. The van der Waals surface area contributed by atoms with E-state index in [1.165, 1.54) is 18.3 Å². The van der Waals surface area contributed by atoms with Gasteiger partial charge in [0.25, 0.3) is 0 Å². The van der Waals surface area contributed by atoms with E-state index < -0.39 is 11.7 Å². The van der Waals surface area contributed by atoms with Crippen LogP contribution in [-0.4, -0.2) is 4.98 Å². The second kappa shape index (κ2) is 4.33. The molecule has 0 fully saturated rings. The van der Waals surface area contributed by atoms with Crippen molar-refractivity contribution in [1.29, 1.82) is 0 Å². The number of halogens is 3. The van der Waals surface area contributed by atoms with E-state index in [0.717, 1.165) is 12.1 Å². The Kier molecular flexibility index (Phi) is 2.98. The van der Waals surface area contributed by atoms with Gasteiger partial charge in [-0.05, 0) is 35.7 Å². The van der Waals surface area contributed by atoms with Crippen molar-refractivity contribution < 1.29 is 13.2 Å². The normalized spacial score (nSPS) is 11.6. The number of rotatable bonds is 1. The van der Waals surface area contributed by atoms with Crippen LogP contribution >= 0.6 is 0 Å². The molecule has 0 spiro atoms. The van der Waals surface area contributed by atoms with Crippen molar-refractivity contribution >= 4 is 0 Å². The number of aromatic nitrogens is 1. The number of hydrogen-bond donors (Lipinski definition) is 1. The minimum atomic E-state index is -4.38. The van der Waals surface area contributed by atoms with Gasteiger partial charge in [0.1, 0.15) is 0 Å². The maximum atomic E-state index is 12.6. The molecule has 0 saturated heterocycles. The molecule has 0 aliphatic rings. The first kappa shape index (κ1) is 12.4. The molecular weight excluding hydrogens is 243 g/mol. The molecule has 0 unspecified atom stereocenters. The van der Waals surface area contributed by atoms with E-state index >= 15 is 0 Å². The molecule has 0 radical (unpaired) electrons. The number of nitrogens with one attached hydrogen (secondary N) is 1. The predicted molar refractivity (Wildman–Crippen MR) is 62.2 cm³/mol. The molecular formula is C13H10F3NO. The first-order valence-electron chi connectivity index (χ1n) is 5.25. The standard InChI is InChI=1S/C13H10F3NO/c1-8-7-17-12(18)6-11(8)9-3-2-4-10(5-9)13(14,15)16/h2-7H,1H3,(H,17,18). The lowest BCUT2D eigenvalue weighted by atomic mass is 10.0. The van der Waals surface area contributed by atoms with E-state index in [2.05, 4.69) is 4.98 Å². The molecule has 1 heterocycles. The van der Waals surface area contributed by atoms with Gasteiger partial charge in [0.2, 0.25) is 5.56 Å². The van der Waals surface area contributed by atoms with E-state index in [0.29, 0.717) is 16.7 Å².